The van der Waals surface area contributed by atoms with E-state index in [1.807, 2.05) is 42.5 Å². The van der Waals surface area contributed by atoms with Gasteiger partial charge in [-0.3, -0.25) is 4.79 Å². The fourth-order valence-electron chi connectivity index (χ4n) is 3.98. The maximum absolute atomic E-state index is 13.5. The van der Waals surface area contributed by atoms with Gasteiger partial charge in [0.15, 0.2) is 17.3 Å². The van der Waals surface area contributed by atoms with Crippen LogP contribution in [-0.2, 0) is 16.4 Å². The highest BCUT2D eigenvalue weighted by Gasteiger charge is 2.35. The maximum atomic E-state index is 13.5. The Balaban J connectivity index is 1.80. The van der Waals surface area contributed by atoms with Crippen LogP contribution in [0.4, 0.5) is 0 Å². The van der Waals surface area contributed by atoms with Crippen LogP contribution in [0.25, 0.3) is 0 Å². The van der Waals surface area contributed by atoms with Crippen LogP contribution in [0.2, 0.25) is 0 Å². The summed E-state index contributed by atoms with van der Waals surface area (Å²) in [6.45, 7) is 0.426. The molecule has 0 saturated carbocycles. The third kappa shape index (κ3) is 3.85. The number of furan rings is 1. The van der Waals surface area contributed by atoms with Crippen molar-refractivity contribution in [1.29, 1.82) is 0 Å². The van der Waals surface area contributed by atoms with E-state index in [9.17, 15) is 13.2 Å². The number of methoxy groups -OCH3 is 2. The molecule has 1 aromatic heterocycles. The number of sulfonamides is 1. The van der Waals surface area contributed by atoms with Gasteiger partial charge in [0.25, 0.3) is 15.9 Å². The van der Waals surface area contributed by atoms with Gasteiger partial charge in [-0.2, -0.15) is 0 Å². The van der Waals surface area contributed by atoms with Crippen LogP contribution in [0.5, 0.6) is 11.5 Å². The normalized spacial score (nSPS) is 15.8. The van der Waals surface area contributed by atoms with E-state index in [2.05, 4.69) is 4.72 Å². The Hall–Kier alpha value is -3.30. The summed E-state index contributed by atoms with van der Waals surface area (Å²) in [5.41, 5.74) is 2.89. The van der Waals surface area contributed by atoms with E-state index in [1.165, 1.54) is 19.2 Å². The lowest BCUT2D eigenvalue weighted by Gasteiger charge is -2.37. The SMILES string of the molecule is CNS(=O)(=O)c1ccc(C(=O)N2CCc3cc(OC)c(OC)cc3C2c2ccccc2)o1. The van der Waals surface area contributed by atoms with Gasteiger partial charge in [0, 0.05) is 6.54 Å². The molecule has 8 nitrogen and oxygen atoms in total. The van der Waals surface area contributed by atoms with Gasteiger partial charge in [0.1, 0.15) is 0 Å². The van der Waals surface area contributed by atoms with Gasteiger partial charge >= 0.3 is 0 Å². The molecule has 1 unspecified atom stereocenters. The lowest BCUT2D eigenvalue weighted by Crippen LogP contribution is -2.40. The number of ether oxygens (including phenoxy) is 2. The molecule has 0 spiro atoms. The van der Waals surface area contributed by atoms with Gasteiger partial charge in [0.2, 0.25) is 5.09 Å². The molecule has 0 aliphatic carbocycles. The Morgan fingerprint density at radius 1 is 1.06 bits per heavy atom. The standard InChI is InChI=1S/C23H24N2O6S/c1-24-32(27,28)21-10-9-18(31-21)23(26)25-12-11-16-13-19(29-2)20(30-3)14-17(16)22(25)15-7-5-4-6-8-15/h4-10,13-14,22,24H,11-12H2,1-3H3. The molecule has 1 atom stereocenters. The van der Waals surface area contributed by atoms with Crippen molar-refractivity contribution in [2.75, 3.05) is 27.8 Å². The first-order valence-electron chi connectivity index (χ1n) is 10.0. The van der Waals surface area contributed by atoms with E-state index in [1.54, 1.807) is 19.1 Å². The molecule has 1 N–H and O–H groups in total. The van der Waals surface area contributed by atoms with Crippen molar-refractivity contribution in [3.63, 3.8) is 0 Å². The molecule has 1 aliphatic heterocycles. The number of rotatable bonds is 6. The molecular weight excluding hydrogens is 432 g/mol. The van der Waals surface area contributed by atoms with E-state index in [0.717, 1.165) is 16.7 Å². The van der Waals surface area contributed by atoms with Gasteiger partial charge < -0.3 is 18.8 Å². The van der Waals surface area contributed by atoms with Gasteiger partial charge in [-0.1, -0.05) is 30.3 Å². The van der Waals surface area contributed by atoms with Crippen LogP contribution < -0.4 is 14.2 Å². The first-order chi connectivity index (χ1) is 15.4. The average Bonchev–Trinajstić information content (AvgIpc) is 3.33. The molecule has 9 heteroatoms. The highest BCUT2D eigenvalue weighted by atomic mass is 32.2. The predicted octanol–water partition coefficient (Wildman–Crippen LogP) is 2.99. The van der Waals surface area contributed by atoms with Crippen LogP contribution in [0.1, 0.15) is 33.3 Å². The fraction of sp³-hybridized carbons (Fsp3) is 0.261. The molecule has 168 valence electrons. The predicted molar refractivity (Wildman–Crippen MR) is 118 cm³/mol. The van der Waals surface area contributed by atoms with E-state index in [0.29, 0.717) is 24.5 Å². The van der Waals surface area contributed by atoms with E-state index >= 15 is 0 Å². The zero-order valence-electron chi connectivity index (χ0n) is 18.0. The Kier molecular flexibility index (Phi) is 5.94. The molecule has 1 amide bonds. The minimum Gasteiger partial charge on any atom is -0.493 e. The van der Waals surface area contributed by atoms with Crippen LogP contribution in [-0.4, -0.2) is 47.0 Å². The van der Waals surface area contributed by atoms with Crippen molar-refractivity contribution < 1.29 is 27.1 Å². The summed E-state index contributed by atoms with van der Waals surface area (Å²) in [7, 11) is 0.653. The van der Waals surface area contributed by atoms with Gasteiger partial charge in [-0.25, -0.2) is 13.1 Å². The molecule has 3 aromatic rings. The molecular formula is C23H24N2O6S. The number of carbonyl (C=O) groups is 1. The lowest BCUT2D eigenvalue weighted by molar-refractivity contribution is 0.0655. The number of carbonyl (C=O) groups excluding carboxylic acids is 1. The minimum atomic E-state index is -3.79. The number of benzene rings is 2. The monoisotopic (exact) mass is 456 g/mol. The van der Waals surface area contributed by atoms with Crippen LogP contribution in [0.15, 0.2) is 64.1 Å². The molecule has 0 saturated heterocycles. The van der Waals surface area contributed by atoms with E-state index in [4.69, 9.17) is 13.9 Å². The summed E-state index contributed by atoms with van der Waals surface area (Å²) in [6.07, 6.45) is 0.604. The topological polar surface area (TPSA) is 98.1 Å². The van der Waals surface area contributed by atoms with Crippen molar-refractivity contribution in [2.24, 2.45) is 0 Å². The van der Waals surface area contributed by atoms with Crippen LogP contribution in [0.3, 0.4) is 0 Å². The van der Waals surface area contributed by atoms with Crippen molar-refractivity contribution in [3.05, 3.63) is 77.0 Å². The summed E-state index contributed by atoms with van der Waals surface area (Å²) in [5, 5.41) is -0.302. The Bertz CT molecular complexity index is 1240. The summed E-state index contributed by atoms with van der Waals surface area (Å²) >= 11 is 0. The number of hydrogen-bond acceptors (Lipinski definition) is 6. The second kappa shape index (κ2) is 8.68. The lowest BCUT2D eigenvalue weighted by atomic mass is 9.87. The summed E-state index contributed by atoms with van der Waals surface area (Å²) in [6, 6.07) is 15.7. The largest absolute Gasteiger partial charge is 0.493 e. The van der Waals surface area contributed by atoms with Crippen molar-refractivity contribution in [1.82, 2.24) is 9.62 Å². The molecule has 32 heavy (non-hydrogen) atoms. The van der Waals surface area contributed by atoms with Crippen molar-refractivity contribution in [3.8, 4) is 11.5 Å². The quantitative estimate of drug-likeness (QED) is 0.612. The van der Waals surface area contributed by atoms with Gasteiger partial charge in [0.05, 0.1) is 20.3 Å². The number of fused-ring (bicyclic) bond motifs is 1. The van der Waals surface area contributed by atoms with Crippen LogP contribution >= 0.6 is 0 Å². The van der Waals surface area contributed by atoms with Crippen LogP contribution in [0, 0.1) is 0 Å². The second-order valence-electron chi connectivity index (χ2n) is 7.29. The Morgan fingerprint density at radius 3 is 2.41 bits per heavy atom. The third-order valence-electron chi connectivity index (χ3n) is 5.58. The zero-order chi connectivity index (χ0) is 22.9. The summed E-state index contributed by atoms with van der Waals surface area (Å²) in [5.74, 6) is 0.771. The second-order valence-corrected chi connectivity index (χ2v) is 9.11. The molecule has 0 radical (unpaired) electrons. The van der Waals surface area contributed by atoms with Gasteiger partial charge in [-0.05, 0) is 54.4 Å². The average molecular weight is 457 g/mol. The Labute approximate surface area is 186 Å². The van der Waals surface area contributed by atoms with E-state index < -0.39 is 22.0 Å². The van der Waals surface area contributed by atoms with E-state index in [-0.39, 0.29) is 10.9 Å². The number of amides is 1. The third-order valence-corrected chi connectivity index (χ3v) is 6.86. The smallest absolute Gasteiger partial charge is 0.290 e. The Morgan fingerprint density at radius 2 is 1.75 bits per heavy atom. The highest BCUT2D eigenvalue weighted by Crippen LogP contribution is 2.41. The van der Waals surface area contributed by atoms with Crippen molar-refractivity contribution >= 4 is 15.9 Å². The first-order valence-corrected chi connectivity index (χ1v) is 11.5. The minimum absolute atomic E-state index is 0.0383. The zero-order valence-corrected chi connectivity index (χ0v) is 18.8. The summed E-state index contributed by atoms with van der Waals surface area (Å²) < 4.78 is 42.6. The number of nitrogens with zero attached hydrogens (tertiary/aromatic N) is 1. The molecule has 4 rings (SSSR count). The highest BCUT2D eigenvalue weighted by molar-refractivity contribution is 7.89. The molecule has 2 aromatic carbocycles. The first kappa shape index (κ1) is 21.9. The van der Waals surface area contributed by atoms with Gasteiger partial charge in [-0.15, -0.1) is 0 Å². The van der Waals surface area contributed by atoms with Crippen molar-refractivity contribution in [2.45, 2.75) is 17.6 Å². The molecule has 2 heterocycles. The summed E-state index contributed by atoms with van der Waals surface area (Å²) in [4.78, 5) is 15.2. The fourth-order valence-corrected chi connectivity index (χ4v) is 4.63. The molecule has 0 bridgehead atoms. The number of nitrogens with one attached hydrogen (secondary N) is 1. The molecule has 0 fully saturated rings. The molecule has 1 aliphatic rings. The maximum Gasteiger partial charge on any atom is 0.290 e. The number of hydrogen-bond donors (Lipinski definition) is 1.